The van der Waals surface area contributed by atoms with E-state index < -0.39 is 17.7 Å². The molecule has 2 N–H and O–H groups in total. The number of aromatic hydroxyl groups is 1. The number of hydrogen-bond donors (Lipinski definition) is 2. The Morgan fingerprint density at radius 3 is 2.11 bits per heavy atom. The van der Waals surface area contributed by atoms with Gasteiger partial charge in [0, 0.05) is 43.1 Å². The van der Waals surface area contributed by atoms with Crippen LogP contribution in [0.1, 0.15) is 28.3 Å². The lowest BCUT2D eigenvalue weighted by atomic mass is 9.93. The molecular formula is C30H31N3O4. The number of rotatable bonds is 4. The third-order valence-electron chi connectivity index (χ3n) is 7.30. The Kier molecular flexibility index (Phi) is 6.48. The molecule has 190 valence electrons. The summed E-state index contributed by atoms with van der Waals surface area (Å²) in [6.07, 6.45) is 0. The van der Waals surface area contributed by atoms with E-state index in [9.17, 15) is 19.8 Å². The fourth-order valence-electron chi connectivity index (χ4n) is 5.10. The normalized spacial score (nSPS) is 20.0. The van der Waals surface area contributed by atoms with Crippen molar-refractivity contribution in [3.8, 4) is 5.75 Å². The molecule has 0 saturated carbocycles. The molecule has 2 aliphatic rings. The number of carbonyl (C=O) groups is 2. The Morgan fingerprint density at radius 2 is 1.46 bits per heavy atom. The first-order chi connectivity index (χ1) is 17.7. The third kappa shape index (κ3) is 4.58. The molecule has 0 radical (unpaired) electrons. The second kappa shape index (κ2) is 9.75. The SMILES string of the molecule is Cc1ccc(C)c(/C(O)=C2\C(=O)C(=O)N(c3ccc(N4CCN(C)CC4)cc3)C2c2ccc(O)cc2)c1. The van der Waals surface area contributed by atoms with E-state index in [0.717, 1.165) is 43.0 Å². The van der Waals surface area contributed by atoms with Crippen LogP contribution >= 0.6 is 0 Å². The second-order valence-electron chi connectivity index (χ2n) is 9.89. The summed E-state index contributed by atoms with van der Waals surface area (Å²) in [5.74, 6) is -1.56. The number of aliphatic hydroxyl groups is 1. The zero-order chi connectivity index (χ0) is 26.3. The number of anilines is 2. The van der Waals surface area contributed by atoms with E-state index in [0.29, 0.717) is 16.8 Å². The van der Waals surface area contributed by atoms with Crippen LogP contribution in [0.5, 0.6) is 5.75 Å². The lowest BCUT2D eigenvalue weighted by molar-refractivity contribution is -0.132. The molecule has 1 atom stereocenters. The van der Waals surface area contributed by atoms with Crippen molar-refractivity contribution in [2.75, 3.05) is 43.0 Å². The quantitative estimate of drug-likeness (QED) is 0.316. The highest BCUT2D eigenvalue weighted by Crippen LogP contribution is 2.43. The van der Waals surface area contributed by atoms with Gasteiger partial charge < -0.3 is 20.0 Å². The molecule has 1 unspecified atom stereocenters. The topological polar surface area (TPSA) is 84.3 Å². The smallest absolute Gasteiger partial charge is 0.300 e. The highest BCUT2D eigenvalue weighted by Gasteiger charge is 2.47. The van der Waals surface area contributed by atoms with Crippen molar-refractivity contribution in [1.82, 2.24) is 4.90 Å². The van der Waals surface area contributed by atoms with Gasteiger partial charge in [0.1, 0.15) is 11.5 Å². The van der Waals surface area contributed by atoms with Crippen molar-refractivity contribution in [3.63, 3.8) is 0 Å². The maximum atomic E-state index is 13.4. The highest BCUT2D eigenvalue weighted by atomic mass is 16.3. The number of phenolic OH excluding ortho intramolecular Hbond substituents is 1. The van der Waals surface area contributed by atoms with E-state index >= 15 is 0 Å². The lowest BCUT2D eigenvalue weighted by Crippen LogP contribution is -2.44. The molecule has 2 heterocycles. The van der Waals surface area contributed by atoms with Crippen LogP contribution < -0.4 is 9.80 Å². The summed E-state index contributed by atoms with van der Waals surface area (Å²) < 4.78 is 0. The maximum Gasteiger partial charge on any atom is 0.300 e. The summed E-state index contributed by atoms with van der Waals surface area (Å²) >= 11 is 0. The predicted molar refractivity (Wildman–Crippen MR) is 145 cm³/mol. The third-order valence-corrected chi connectivity index (χ3v) is 7.30. The van der Waals surface area contributed by atoms with Gasteiger partial charge in [0.25, 0.3) is 11.7 Å². The van der Waals surface area contributed by atoms with E-state index in [1.165, 1.54) is 17.0 Å². The Morgan fingerprint density at radius 1 is 0.838 bits per heavy atom. The summed E-state index contributed by atoms with van der Waals surface area (Å²) in [5, 5.41) is 21.3. The number of hydrogen-bond acceptors (Lipinski definition) is 6. The van der Waals surface area contributed by atoms with Crippen molar-refractivity contribution in [1.29, 1.82) is 0 Å². The van der Waals surface area contributed by atoms with Crippen molar-refractivity contribution >= 4 is 28.8 Å². The number of amides is 1. The first-order valence-electron chi connectivity index (χ1n) is 12.5. The molecular weight excluding hydrogens is 466 g/mol. The number of carbonyl (C=O) groups excluding carboxylic acids is 2. The van der Waals surface area contributed by atoms with Crippen LogP contribution in [0, 0.1) is 13.8 Å². The molecule has 0 bridgehead atoms. The molecule has 3 aromatic carbocycles. The van der Waals surface area contributed by atoms with Gasteiger partial charge in [-0.3, -0.25) is 14.5 Å². The van der Waals surface area contributed by atoms with Gasteiger partial charge in [0.05, 0.1) is 11.6 Å². The predicted octanol–water partition coefficient (Wildman–Crippen LogP) is 4.39. The summed E-state index contributed by atoms with van der Waals surface area (Å²) in [6, 6.07) is 18.8. The molecule has 0 aliphatic carbocycles. The van der Waals surface area contributed by atoms with Crippen LogP contribution in [-0.4, -0.2) is 60.0 Å². The number of Topliss-reactive ketones (excluding diaryl/α,β-unsaturated/α-hetero) is 1. The number of nitrogens with zero attached hydrogens (tertiary/aromatic N) is 3. The van der Waals surface area contributed by atoms with Crippen molar-refractivity contribution in [2.24, 2.45) is 0 Å². The molecule has 1 amide bonds. The van der Waals surface area contributed by atoms with Gasteiger partial charge in [-0.05, 0) is 74.5 Å². The fraction of sp³-hybridized carbons (Fsp3) is 0.267. The van der Waals surface area contributed by atoms with Crippen LogP contribution in [0.3, 0.4) is 0 Å². The Balaban J connectivity index is 1.60. The Bertz CT molecular complexity index is 1370. The number of ketones is 1. The zero-order valence-corrected chi connectivity index (χ0v) is 21.3. The molecule has 2 saturated heterocycles. The van der Waals surface area contributed by atoms with Gasteiger partial charge in [-0.25, -0.2) is 0 Å². The molecule has 5 rings (SSSR count). The number of benzene rings is 3. The molecule has 7 heteroatoms. The van der Waals surface area contributed by atoms with Crippen LogP contribution in [0.15, 0.2) is 72.3 Å². The summed E-state index contributed by atoms with van der Waals surface area (Å²) in [5.41, 5.74) is 4.53. The van der Waals surface area contributed by atoms with Crippen LogP contribution in [0.4, 0.5) is 11.4 Å². The van der Waals surface area contributed by atoms with Crippen molar-refractivity contribution < 1.29 is 19.8 Å². The van der Waals surface area contributed by atoms with Crippen LogP contribution in [0.25, 0.3) is 5.76 Å². The van der Waals surface area contributed by atoms with E-state index in [1.54, 1.807) is 12.1 Å². The van der Waals surface area contributed by atoms with Gasteiger partial charge in [-0.15, -0.1) is 0 Å². The lowest BCUT2D eigenvalue weighted by Gasteiger charge is -2.34. The number of likely N-dealkylation sites (N-methyl/N-ethyl adjacent to an activating group) is 1. The van der Waals surface area contributed by atoms with Gasteiger partial charge in [0.2, 0.25) is 0 Å². The molecule has 3 aromatic rings. The molecule has 2 fully saturated rings. The average Bonchev–Trinajstić information content (AvgIpc) is 3.16. The molecule has 37 heavy (non-hydrogen) atoms. The minimum atomic E-state index is -0.838. The van der Waals surface area contributed by atoms with E-state index in [1.807, 2.05) is 56.3 Å². The number of phenols is 1. The van der Waals surface area contributed by atoms with Gasteiger partial charge >= 0.3 is 0 Å². The van der Waals surface area contributed by atoms with Gasteiger partial charge in [-0.1, -0.05) is 29.8 Å². The van der Waals surface area contributed by atoms with Gasteiger partial charge in [-0.2, -0.15) is 0 Å². The van der Waals surface area contributed by atoms with E-state index in [4.69, 9.17) is 0 Å². The molecule has 0 aromatic heterocycles. The Hall–Kier alpha value is -4.10. The largest absolute Gasteiger partial charge is 0.508 e. The molecule has 2 aliphatic heterocycles. The van der Waals surface area contributed by atoms with Crippen LogP contribution in [0.2, 0.25) is 0 Å². The monoisotopic (exact) mass is 497 g/mol. The van der Waals surface area contributed by atoms with E-state index in [2.05, 4.69) is 16.8 Å². The fourth-order valence-corrected chi connectivity index (χ4v) is 5.10. The number of piperazine rings is 1. The summed E-state index contributed by atoms with van der Waals surface area (Å²) in [4.78, 5) is 32.9. The minimum Gasteiger partial charge on any atom is -0.508 e. The van der Waals surface area contributed by atoms with Crippen molar-refractivity contribution in [2.45, 2.75) is 19.9 Å². The standard InChI is InChI=1S/C30H31N3O4/c1-19-4-5-20(2)25(18-19)28(35)26-27(21-6-12-24(34)13-7-21)33(30(37)29(26)36)23-10-8-22(9-11-23)32-16-14-31(3)15-17-32/h4-13,18,27,34-35H,14-17H2,1-3H3/b28-26+. The molecule has 0 spiro atoms. The number of aryl methyl sites for hydroxylation is 2. The summed E-state index contributed by atoms with van der Waals surface area (Å²) in [7, 11) is 2.11. The van der Waals surface area contributed by atoms with Crippen LogP contribution in [-0.2, 0) is 9.59 Å². The highest BCUT2D eigenvalue weighted by molar-refractivity contribution is 6.51. The minimum absolute atomic E-state index is 0.0348. The maximum absolute atomic E-state index is 13.4. The van der Waals surface area contributed by atoms with Gasteiger partial charge in [0.15, 0.2) is 0 Å². The average molecular weight is 498 g/mol. The zero-order valence-electron chi connectivity index (χ0n) is 21.3. The van der Waals surface area contributed by atoms with E-state index in [-0.39, 0.29) is 17.1 Å². The first-order valence-corrected chi connectivity index (χ1v) is 12.5. The Labute approximate surface area is 216 Å². The van der Waals surface area contributed by atoms with Crippen molar-refractivity contribution in [3.05, 3.63) is 94.6 Å². The summed E-state index contributed by atoms with van der Waals surface area (Å²) in [6.45, 7) is 7.57. The second-order valence-corrected chi connectivity index (χ2v) is 9.89. The molecule has 7 nitrogen and oxygen atoms in total. The number of aliphatic hydroxyl groups excluding tert-OH is 1. The first kappa shape index (κ1) is 24.6.